The zero-order valence-corrected chi connectivity index (χ0v) is 9.95. The van der Waals surface area contributed by atoms with Crippen molar-refractivity contribution in [3.8, 4) is 0 Å². The number of carboxylic acids is 1. The highest BCUT2D eigenvalue weighted by Crippen LogP contribution is 2.17. The lowest BCUT2D eigenvalue weighted by atomic mass is 10.2. The standard InChI is InChI=1S/C13H13N3O2/c1-16(9-10-4-7-14-8-5-10)12-11(13(17)18)3-2-6-15-12/h2-8H,9H2,1H3,(H,17,18). The summed E-state index contributed by atoms with van der Waals surface area (Å²) in [7, 11) is 1.81. The van der Waals surface area contributed by atoms with Crippen molar-refractivity contribution in [1.29, 1.82) is 0 Å². The van der Waals surface area contributed by atoms with Gasteiger partial charge in [0.15, 0.2) is 0 Å². The van der Waals surface area contributed by atoms with Crippen LogP contribution in [-0.2, 0) is 6.54 Å². The third-order valence-electron chi connectivity index (χ3n) is 2.55. The van der Waals surface area contributed by atoms with Crippen LogP contribution in [-0.4, -0.2) is 28.1 Å². The van der Waals surface area contributed by atoms with Crippen LogP contribution in [0.3, 0.4) is 0 Å². The zero-order chi connectivity index (χ0) is 13.0. The van der Waals surface area contributed by atoms with Gasteiger partial charge in [0.2, 0.25) is 0 Å². The van der Waals surface area contributed by atoms with Gasteiger partial charge in [0, 0.05) is 32.2 Å². The molecule has 2 rings (SSSR count). The van der Waals surface area contributed by atoms with E-state index in [9.17, 15) is 4.79 Å². The normalized spacial score (nSPS) is 10.1. The number of carbonyl (C=O) groups is 1. The molecule has 2 aromatic rings. The van der Waals surface area contributed by atoms with Crippen molar-refractivity contribution in [2.75, 3.05) is 11.9 Å². The highest BCUT2D eigenvalue weighted by atomic mass is 16.4. The Morgan fingerprint density at radius 2 is 2.00 bits per heavy atom. The molecule has 0 saturated carbocycles. The minimum absolute atomic E-state index is 0.203. The monoisotopic (exact) mass is 243 g/mol. The fraction of sp³-hybridized carbons (Fsp3) is 0.154. The predicted octanol–water partition coefficient (Wildman–Crippen LogP) is 1.81. The molecule has 1 N–H and O–H groups in total. The highest BCUT2D eigenvalue weighted by molar-refractivity contribution is 5.93. The number of pyridine rings is 2. The lowest BCUT2D eigenvalue weighted by Gasteiger charge is -2.19. The van der Waals surface area contributed by atoms with Crippen LogP contribution in [0.4, 0.5) is 5.82 Å². The molecule has 2 aromatic heterocycles. The van der Waals surface area contributed by atoms with Gasteiger partial charge < -0.3 is 10.0 Å². The maximum absolute atomic E-state index is 11.1. The third-order valence-corrected chi connectivity index (χ3v) is 2.55. The average Bonchev–Trinajstić information content (AvgIpc) is 2.40. The summed E-state index contributed by atoms with van der Waals surface area (Å²) in [6, 6.07) is 6.95. The number of aromatic nitrogens is 2. The number of carboxylic acid groups (broad SMARTS) is 1. The van der Waals surface area contributed by atoms with Crippen LogP contribution in [0.15, 0.2) is 42.9 Å². The molecule has 0 spiro atoms. The van der Waals surface area contributed by atoms with Crippen LogP contribution < -0.4 is 4.90 Å². The highest BCUT2D eigenvalue weighted by Gasteiger charge is 2.14. The van der Waals surface area contributed by atoms with Gasteiger partial charge >= 0.3 is 5.97 Å². The van der Waals surface area contributed by atoms with Gasteiger partial charge in [-0.25, -0.2) is 9.78 Å². The molecule has 0 aliphatic rings. The summed E-state index contributed by atoms with van der Waals surface area (Å²) >= 11 is 0. The average molecular weight is 243 g/mol. The summed E-state index contributed by atoms with van der Waals surface area (Å²) in [6.45, 7) is 0.583. The maximum atomic E-state index is 11.1. The van der Waals surface area contributed by atoms with Gasteiger partial charge in [0.1, 0.15) is 11.4 Å². The summed E-state index contributed by atoms with van der Waals surface area (Å²) < 4.78 is 0. The van der Waals surface area contributed by atoms with Crippen molar-refractivity contribution in [3.63, 3.8) is 0 Å². The molecule has 2 heterocycles. The minimum atomic E-state index is -0.973. The first-order valence-electron chi connectivity index (χ1n) is 5.47. The SMILES string of the molecule is CN(Cc1ccncc1)c1ncccc1C(=O)O. The second-order valence-electron chi connectivity index (χ2n) is 3.89. The van der Waals surface area contributed by atoms with Crippen molar-refractivity contribution in [2.24, 2.45) is 0 Å². The van der Waals surface area contributed by atoms with E-state index in [0.717, 1.165) is 5.56 Å². The summed E-state index contributed by atoms with van der Waals surface area (Å²) in [6.07, 6.45) is 5.00. The number of anilines is 1. The Kier molecular flexibility index (Phi) is 3.52. The molecule has 0 aliphatic heterocycles. The number of hydrogen-bond donors (Lipinski definition) is 1. The van der Waals surface area contributed by atoms with Crippen LogP contribution in [0, 0.1) is 0 Å². The first-order chi connectivity index (χ1) is 8.68. The van der Waals surface area contributed by atoms with Crippen molar-refractivity contribution in [2.45, 2.75) is 6.54 Å². The third kappa shape index (κ3) is 2.63. The first kappa shape index (κ1) is 12.0. The van der Waals surface area contributed by atoms with Crippen molar-refractivity contribution in [1.82, 2.24) is 9.97 Å². The molecule has 92 valence electrons. The van der Waals surface area contributed by atoms with E-state index in [1.807, 2.05) is 19.2 Å². The molecule has 0 aromatic carbocycles. The Balaban J connectivity index is 2.24. The Morgan fingerprint density at radius 3 is 2.67 bits per heavy atom. The van der Waals surface area contributed by atoms with E-state index in [4.69, 9.17) is 5.11 Å². The smallest absolute Gasteiger partial charge is 0.339 e. The Morgan fingerprint density at radius 1 is 1.28 bits per heavy atom. The molecular weight excluding hydrogens is 230 g/mol. The maximum Gasteiger partial charge on any atom is 0.339 e. The van der Waals surface area contributed by atoms with Gasteiger partial charge in [-0.2, -0.15) is 0 Å². The van der Waals surface area contributed by atoms with Gasteiger partial charge in [-0.1, -0.05) is 0 Å². The van der Waals surface area contributed by atoms with Crippen molar-refractivity contribution < 1.29 is 9.90 Å². The van der Waals surface area contributed by atoms with Gasteiger partial charge in [-0.15, -0.1) is 0 Å². The number of aromatic carboxylic acids is 1. The quantitative estimate of drug-likeness (QED) is 0.887. The van der Waals surface area contributed by atoms with Gasteiger partial charge in [-0.3, -0.25) is 4.98 Å². The second kappa shape index (κ2) is 5.27. The Bertz CT molecular complexity index is 543. The predicted molar refractivity (Wildman–Crippen MR) is 67.5 cm³/mol. The molecule has 18 heavy (non-hydrogen) atoms. The molecule has 0 bridgehead atoms. The molecule has 5 nitrogen and oxygen atoms in total. The van der Waals surface area contributed by atoms with Crippen LogP contribution in [0.2, 0.25) is 0 Å². The lowest BCUT2D eigenvalue weighted by Crippen LogP contribution is -2.20. The number of hydrogen-bond acceptors (Lipinski definition) is 4. The summed E-state index contributed by atoms with van der Waals surface area (Å²) in [4.78, 5) is 21.0. The molecule has 0 atom stereocenters. The fourth-order valence-corrected chi connectivity index (χ4v) is 1.71. The van der Waals surface area contributed by atoms with Gasteiger partial charge in [0.25, 0.3) is 0 Å². The zero-order valence-electron chi connectivity index (χ0n) is 9.95. The van der Waals surface area contributed by atoms with E-state index in [-0.39, 0.29) is 5.56 Å². The molecule has 0 aliphatic carbocycles. The molecule has 0 unspecified atom stereocenters. The number of nitrogens with zero attached hydrogens (tertiary/aromatic N) is 3. The van der Waals surface area contributed by atoms with Gasteiger partial charge in [0.05, 0.1) is 0 Å². The van der Waals surface area contributed by atoms with Crippen LogP contribution >= 0.6 is 0 Å². The summed E-state index contributed by atoms with van der Waals surface area (Å²) in [5.41, 5.74) is 1.25. The first-order valence-corrected chi connectivity index (χ1v) is 5.47. The summed E-state index contributed by atoms with van der Waals surface area (Å²) in [5, 5.41) is 9.10. The number of rotatable bonds is 4. The molecule has 0 radical (unpaired) electrons. The Hall–Kier alpha value is -2.43. The van der Waals surface area contributed by atoms with E-state index >= 15 is 0 Å². The largest absolute Gasteiger partial charge is 0.478 e. The fourth-order valence-electron chi connectivity index (χ4n) is 1.71. The van der Waals surface area contributed by atoms with Gasteiger partial charge in [-0.05, 0) is 29.8 Å². The lowest BCUT2D eigenvalue weighted by molar-refractivity contribution is 0.0697. The van der Waals surface area contributed by atoms with E-state index in [1.54, 1.807) is 35.6 Å². The van der Waals surface area contributed by atoms with Crippen molar-refractivity contribution in [3.05, 3.63) is 54.0 Å². The molecule has 0 fully saturated rings. The van der Waals surface area contributed by atoms with Crippen LogP contribution in [0.25, 0.3) is 0 Å². The van der Waals surface area contributed by atoms with E-state index in [0.29, 0.717) is 12.4 Å². The van der Waals surface area contributed by atoms with E-state index in [1.165, 1.54) is 0 Å². The Labute approximate surface area is 105 Å². The minimum Gasteiger partial charge on any atom is -0.478 e. The van der Waals surface area contributed by atoms with E-state index < -0.39 is 5.97 Å². The van der Waals surface area contributed by atoms with Crippen LogP contribution in [0.1, 0.15) is 15.9 Å². The second-order valence-corrected chi connectivity index (χ2v) is 3.89. The summed E-state index contributed by atoms with van der Waals surface area (Å²) in [5.74, 6) is -0.513. The molecule has 0 amide bonds. The topological polar surface area (TPSA) is 66.3 Å². The van der Waals surface area contributed by atoms with Crippen LogP contribution in [0.5, 0.6) is 0 Å². The molecule has 5 heteroatoms. The molecule has 0 saturated heterocycles. The van der Waals surface area contributed by atoms with Crippen molar-refractivity contribution >= 4 is 11.8 Å². The van der Waals surface area contributed by atoms with E-state index in [2.05, 4.69) is 9.97 Å². The molecular formula is C13H13N3O2.